The summed E-state index contributed by atoms with van der Waals surface area (Å²) in [7, 11) is 2.11. The molecule has 0 saturated carbocycles. The Kier molecular flexibility index (Phi) is 7.36. The van der Waals surface area contributed by atoms with E-state index in [1.807, 2.05) is 6.92 Å². The highest BCUT2D eigenvalue weighted by molar-refractivity contribution is 5.75. The number of hydrogen-bond donors (Lipinski definition) is 3. The van der Waals surface area contributed by atoms with Crippen LogP contribution in [0.1, 0.15) is 32.6 Å². The van der Waals surface area contributed by atoms with E-state index in [0.29, 0.717) is 18.9 Å². The van der Waals surface area contributed by atoms with Gasteiger partial charge in [-0.2, -0.15) is 0 Å². The highest BCUT2D eigenvalue weighted by atomic mass is 16.4. The van der Waals surface area contributed by atoms with E-state index in [0.717, 1.165) is 32.4 Å². The Labute approximate surface area is 120 Å². The van der Waals surface area contributed by atoms with Crippen molar-refractivity contribution in [2.45, 2.75) is 32.6 Å². The lowest BCUT2D eigenvalue weighted by molar-refractivity contribution is -0.141. The van der Waals surface area contributed by atoms with Gasteiger partial charge in [0.25, 0.3) is 0 Å². The molecular weight excluding hydrogens is 258 g/mol. The molecule has 3 N–H and O–H groups in total. The van der Waals surface area contributed by atoms with Crippen LogP contribution >= 0.6 is 0 Å². The van der Waals surface area contributed by atoms with E-state index in [-0.39, 0.29) is 12.6 Å². The first-order valence-corrected chi connectivity index (χ1v) is 7.46. The molecule has 0 spiro atoms. The monoisotopic (exact) mass is 285 g/mol. The molecule has 1 atom stereocenters. The number of urea groups is 1. The van der Waals surface area contributed by atoms with Gasteiger partial charge < -0.3 is 20.6 Å². The van der Waals surface area contributed by atoms with Crippen molar-refractivity contribution in [2.24, 2.45) is 11.8 Å². The van der Waals surface area contributed by atoms with Gasteiger partial charge in [0, 0.05) is 13.1 Å². The van der Waals surface area contributed by atoms with E-state index in [1.54, 1.807) is 0 Å². The number of piperidine rings is 1. The Hall–Kier alpha value is -1.30. The number of likely N-dealkylation sites (tertiary alicyclic amines) is 1. The topological polar surface area (TPSA) is 81.7 Å². The quantitative estimate of drug-likeness (QED) is 0.655. The van der Waals surface area contributed by atoms with Crippen LogP contribution in [0.3, 0.4) is 0 Å². The van der Waals surface area contributed by atoms with Gasteiger partial charge in [-0.3, -0.25) is 4.79 Å². The van der Waals surface area contributed by atoms with Crippen molar-refractivity contribution in [3.8, 4) is 0 Å². The lowest BCUT2D eigenvalue weighted by Crippen LogP contribution is -2.43. The SMILES string of the molecule is CCCC(CNC(=O)NCC1CCN(C)CC1)C(=O)O. The lowest BCUT2D eigenvalue weighted by atomic mass is 9.97. The molecular formula is C14H27N3O3. The molecule has 0 aromatic heterocycles. The van der Waals surface area contributed by atoms with E-state index >= 15 is 0 Å². The molecule has 0 radical (unpaired) electrons. The molecule has 0 aromatic carbocycles. The molecule has 1 heterocycles. The summed E-state index contributed by atoms with van der Waals surface area (Å²) in [6, 6.07) is -0.258. The number of amides is 2. The first kappa shape index (κ1) is 16.8. The molecule has 0 aliphatic carbocycles. The Bertz CT molecular complexity index is 315. The van der Waals surface area contributed by atoms with Crippen molar-refractivity contribution >= 4 is 12.0 Å². The molecule has 1 aliphatic rings. The van der Waals surface area contributed by atoms with Crippen LogP contribution in [0.2, 0.25) is 0 Å². The zero-order valence-corrected chi connectivity index (χ0v) is 12.5. The Morgan fingerprint density at radius 2 is 1.95 bits per heavy atom. The lowest BCUT2D eigenvalue weighted by Gasteiger charge is -2.29. The highest BCUT2D eigenvalue weighted by Gasteiger charge is 2.19. The van der Waals surface area contributed by atoms with Crippen LogP contribution in [0.25, 0.3) is 0 Å². The van der Waals surface area contributed by atoms with Gasteiger partial charge in [-0.25, -0.2) is 4.79 Å². The maximum atomic E-state index is 11.7. The minimum Gasteiger partial charge on any atom is -0.481 e. The average molecular weight is 285 g/mol. The number of aliphatic carboxylic acids is 1. The minimum absolute atomic E-state index is 0.197. The van der Waals surface area contributed by atoms with Crippen LogP contribution in [0.15, 0.2) is 0 Å². The molecule has 1 unspecified atom stereocenters. The molecule has 6 heteroatoms. The molecule has 20 heavy (non-hydrogen) atoms. The van der Waals surface area contributed by atoms with Gasteiger partial charge in [0.05, 0.1) is 5.92 Å². The van der Waals surface area contributed by atoms with Crippen LogP contribution < -0.4 is 10.6 Å². The average Bonchev–Trinajstić information content (AvgIpc) is 2.42. The molecule has 0 aromatic rings. The van der Waals surface area contributed by atoms with E-state index in [4.69, 9.17) is 5.11 Å². The Morgan fingerprint density at radius 3 is 2.50 bits per heavy atom. The minimum atomic E-state index is -0.845. The number of carbonyl (C=O) groups is 2. The second-order valence-corrected chi connectivity index (χ2v) is 5.66. The number of rotatable bonds is 7. The van der Waals surface area contributed by atoms with Crippen molar-refractivity contribution in [2.75, 3.05) is 33.2 Å². The molecule has 116 valence electrons. The number of carbonyl (C=O) groups excluding carboxylic acids is 1. The predicted octanol–water partition coefficient (Wildman–Crippen LogP) is 1.13. The van der Waals surface area contributed by atoms with Gasteiger partial charge in [-0.1, -0.05) is 13.3 Å². The second kappa shape index (κ2) is 8.79. The zero-order chi connectivity index (χ0) is 15.0. The maximum Gasteiger partial charge on any atom is 0.314 e. The van der Waals surface area contributed by atoms with Crippen LogP contribution in [-0.2, 0) is 4.79 Å². The molecule has 1 saturated heterocycles. The third kappa shape index (κ3) is 6.23. The number of hydrogen-bond acceptors (Lipinski definition) is 3. The van der Waals surface area contributed by atoms with Gasteiger partial charge in [0.1, 0.15) is 0 Å². The van der Waals surface area contributed by atoms with Crippen LogP contribution in [0, 0.1) is 11.8 Å². The molecule has 2 amide bonds. The van der Waals surface area contributed by atoms with Gasteiger partial charge in [0.15, 0.2) is 0 Å². The summed E-state index contributed by atoms with van der Waals surface area (Å²) in [5.74, 6) is -0.806. The van der Waals surface area contributed by atoms with Crippen molar-refractivity contribution in [1.29, 1.82) is 0 Å². The van der Waals surface area contributed by atoms with Gasteiger partial charge in [-0.15, -0.1) is 0 Å². The van der Waals surface area contributed by atoms with E-state index in [2.05, 4.69) is 22.6 Å². The van der Waals surface area contributed by atoms with E-state index in [9.17, 15) is 9.59 Å². The second-order valence-electron chi connectivity index (χ2n) is 5.66. The Morgan fingerprint density at radius 1 is 1.30 bits per heavy atom. The summed E-state index contributed by atoms with van der Waals surface area (Å²) >= 11 is 0. The third-order valence-electron chi connectivity index (χ3n) is 3.88. The summed E-state index contributed by atoms with van der Waals surface area (Å²) in [6.45, 7) is 4.96. The van der Waals surface area contributed by atoms with E-state index < -0.39 is 11.9 Å². The molecule has 1 fully saturated rings. The molecule has 1 rings (SSSR count). The summed E-state index contributed by atoms with van der Waals surface area (Å²) < 4.78 is 0. The Balaban J connectivity index is 2.18. The highest BCUT2D eigenvalue weighted by Crippen LogP contribution is 2.14. The fourth-order valence-electron chi connectivity index (χ4n) is 2.44. The van der Waals surface area contributed by atoms with Crippen molar-refractivity contribution in [3.05, 3.63) is 0 Å². The fourth-order valence-corrected chi connectivity index (χ4v) is 2.44. The smallest absolute Gasteiger partial charge is 0.314 e. The number of carboxylic acids is 1. The fraction of sp³-hybridized carbons (Fsp3) is 0.857. The first-order chi connectivity index (χ1) is 9.52. The van der Waals surface area contributed by atoms with Crippen molar-refractivity contribution in [1.82, 2.24) is 15.5 Å². The molecule has 0 bridgehead atoms. The van der Waals surface area contributed by atoms with Crippen LogP contribution in [-0.4, -0.2) is 55.2 Å². The predicted molar refractivity (Wildman–Crippen MR) is 77.7 cm³/mol. The summed E-state index contributed by atoms with van der Waals surface area (Å²) in [5.41, 5.74) is 0. The van der Waals surface area contributed by atoms with E-state index in [1.165, 1.54) is 0 Å². The van der Waals surface area contributed by atoms with Crippen molar-refractivity contribution in [3.63, 3.8) is 0 Å². The van der Waals surface area contributed by atoms with Crippen LogP contribution in [0.5, 0.6) is 0 Å². The largest absolute Gasteiger partial charge is 0.481 e. The summed E-state index contributed by atoms with van der Waals surface area (Å²) in [5, 5.41) is 14.5. The standard InChI is InChI=1S/C14H27N3O3/c1-3-4-12(13(18)19)10-16-14(20)15-9-11-5-7-17(2)8-6-11/h11-12H,3-10H2,1-2H3,(H,18,19)(H2,15,16,20). The maximum absolute atomic E-state index is 11.7. The summed E-state index contributed by atoms with van der Waals surface area (Å²) in [6.07, 6.45) is 3.59. The molecule has 1 aliphatic heterocycles. The first-order valence-electron chi connectivity index (χ1n) is 7.46. The van der Waals surface area contributed by atoms with Gasteiger partial charge in [-0.05, 0) is 45.3 Å². The number of carboxylic acid groups (broad SMARTS) is 1. The summed E-state index contributed by atoms with van der Waals surface area (Å²) in [4.78, 5) is 24.9. The van der Waals surface area contributed by atoms with Gasteiger partial charge in [0.2, 0.25) is 0 Å². The molecule has 6 nitrogen and oxygen atoms in total. The number of nitrogens with zero attached hydrogens (tertiary/aromatic N) is 1. The van der Waals surface area contributed by atoms with Crippen LogP contribution in [0.4, 0.5) is 4.79 Å². The zero-order valence-electron chi connectivity index (χ0n) is 12.5. The third-order valence-corrected chi connectivity index (χ3v) is 3.88. The normalized spacial score (nSPS) is 18.5. The number of nitrogens with one attached hydrogen (secondary N) is 2. The van der Waals surface area contributed by atoms with Crippen molar-refractivity contribution < 1.29 is 14.7 Å². The van der Waals surface area contributed by atoms with Gasteiger partial charge >= 0.3 is 12.0 Å².